The van der Waals surface area contributed by atoms with Crippen molar-refractivity contribution in [2.24, 2.45) is 11.7 Å². The van der Waals surface area contributed by atoms with Crippen LogP contribution in [0, 0.1) is 5.92 Å². The van der Waals surface area contributed by atoms with Crippen molar-refractivity contribution in [1.29, 1.82) is 0 Å². The molecule has 0 unspecified atom stereocenters. The molecule has 0 saturated heterocycles. The summed E-state index contributed by atoms with van der Waals surface area (Å²) in [5.41, 5.74) is 5.62. The van der Waals surface area contributed by atoms with Gasteiger partial charge >= 0.3 is 0 Å². The van der Waals surface area contributed by atoms with Gasteiger partial charge in [-0.25, -0.2) is 0 Å². The van der Waals surface area contributed by atoms with Crippen LogP contribution in [0.25, 0.3) is 0 Å². The Balaban J connectivity index is 2.09. The highest BCUT2D eigenvalue weighted by Crippen LogP contribution is 2.30. The Labute approximate surface area is 142 Å². The maximum absolute atomic E-state index is 12.7. The van der Waals surface area contributed by atoms with Gasteiger partial charge in [-0.2, -0.15) is 0 Å². The van der Waals surface area contributed by atoms with Gasteiger partial charge in [-0.3, -0.25) is 9.59 Å². The summed E-state index contributed by atoms with van der Waals surface area (Å²) >= 11 is 0. The van der Waals surface area contributed by atoms with Gasteiger partial charge in [0.05, 0.1) is 7.11 Å². The van der Waals surface area contributed by atoms with E-state index in [1.807, 2.05) is 11.9 Å². The first-order valence-corrected chi connectivity index (χ1v) is 8.28. The Bertz CT molecular complexity index is 595. The molecule has 0 aromatic heterocycles. The molecule has 1 aliphatic carbocycles. The lowest BCUT2D eigenvalue weighted by molar-refractivity contribution is -0.119. The zero-order valence-electron chi connectivity index (χ0n) is 14.6. The van der Waals surface area contributed by atoms with Gasteiger partial charge in [0.15, 0.2) is 18.1 Å². The standard InChI is InChI=1S/C18H26N2O4/c1-12-4-7-14(8-5-12)20(2)18(22)13-6-9-15(16(10-13)23-3)24-11-17(19)21/h6,9-10,12,14H,4-5,7-8,11H2,1-3H3,(H2,19,21). The minimum absolute atomic E-state index is 0.0331. The Morgan fingerprint density at radius 3 is 2.46 bits per heavy atom. The first kappa shape index (κ1) is 18.1. The summed E-state index contributed by atoms with van der Waals surface area (Å²) in [6.07, 6.45) is 4.40. The first-order valence-electron chi connectivity index (χ1n) is 8.28. The SMILES string of the molecule is COc1cc(C(=O)N(C)C2CCC(C)CC2)ccc1OCC(N)=O. The van der Waals surface area contributed by atoms with E-state index in [4.69, 9.17) is 15.2 Å². The minimum atomic E-state index is -0.566. The molecule has 1 aliphatic rings. The maximum Gasteiger partial charge on any atom is 0.255 e. The van der Waals surface area contributed by atoms with Crippen molar-refractivity contribution in [2.75, 3.05) is 20.8 Å². The number of nitrogens with zero attached hydrogens (tertiary/aromatic N) is 1. The van der Waals surface area contributed by atoms with Gasteiger partial charge in [-0.15, -0.1) is 0 Å². The van der Waals surface area contributed by atoms with Gasteiger partial charge in [0.25, 0.3) is 11.8 Å². The summed E-state index contributed by atoms with van der Waals surface area (Å²) in [6, 6.07) is 5.24. The molecule has 1 saturated carbocycles. The van der Waals surface area contributed by atoms with Crippen LogP contribution in [0.4, 0.5) is 0 Å². The molecule has 0 atom stereocenters. The molecule has 2 amide bonds. The number of amides is 2. The van der Waals surface area contributed by atoms with E-state index in [-0.39, 0.29) is 18.6 Å². The summed E-state index contributed by atoms with van der Waals surface area (Å²) in [5.74, 6) is 0.944. The van der Waals surface area contributed by atoms with Gasteiger partial charge in [-0.1, -0.05) is 6.92 Å². The number of rotatable bonds is 6. The molecule has 0 spiro atoms. The lowest BCUT2D eigenvalue weighted by Crippen LogP contribution is -2.39. The van der Waals surface area contributed by atoms with Crippen LogP contribution in [0.5, 0.6) is 11.5 Å². The highest BCUT2D eigenvalue weighted by Gasteiger charge is 2.26. The van der Waals surface area contributed by atoms with Crippen LogP contribution < -0.4 is 15.2 Å². The van der Waals surface area contributed by atoms with E-state index in [9.17, 15) is 9.59 Å². The number of hydrogen-bond donors (Lipinski definition) is 1. The minimum Gasteiger partial charge on any atom is -0.493 e. The summed E-state index contributed by atoms with van der Waals surface area (Å²) in [7, 11) is 3.35. The Kier molecular flexibility index (Phi) is 6.06. The molecule has 132 valence electrons. The Morgan fingerprint density at radius 2 is 1.88 bits per heavy atom. The molecule has 2 N–H and O–H groups in total. The molecule has 2 rings (SSSR count). The number of primary amides is 1. The van der Waals surface area contributed by atoms with Crippen LogP contribution in [-0.4, -0.2) is 43.5 Å². The third-order valence-electron chi connectivity index (χ3n) is 4.63. The summed E-state index contributed by atoms with van der Waals surface area (Å²) in [6.45, 7) is 2.03. The molecule has 1 aromatic carbocycles. The fraction of sp³-hybridized carbons (Fsp3) is 0.556. The number of benzene rings is 1. The number of nitrogens with two attached hydrogens (primary N) is 1. The van der Waals surface area contributed by atoms with E-state index >= 15 is 0 Å². The van der Waals surface area contributed by atoms with Crippen LogP contribution in [0.15, 0.2) is 18.2 Å². The second kappa shape index (κ2) is 8.04. The number of ether oxygens (including phenoxy) is 2. The topological polar surface area (TPSA) is 81.9 Å². The number of carbonyl (C=O) groups is 2. The second-order valence-electron chi connectivity index (χ2n) is 6.45. The fourth-order valence-electron chi connectivity index (χ4n) is 3.07. The molecular weight excluding hydrogens is 308 g/mol. The maximum atomic E-state index is 12.7. The Hall–Kier alpha value is -2.24. The van der Waals surface area contributed by atoms with Crippen LogP contribution in [-0.2, 0) is 4.79 Å². The molecule has 0 heterocycles. The predicted molar refractivity (Wildman–Crippen MR) is 91.2 cm³/mol. The van der Waals surface area contributed by atoms with Crippen molar-refractivity contribution >= 4 is 11.8 Å². The molecule has 6 heteroatoms. The van der Waals surface area contributed by atoms with Gasteiger partial charge in [0.1, 0.15) is 0 Å². The highest BCUT2D eigenvalue weighted by molar-refractivity contribution is 5.95. The van der Waals surface area contributed by atoms with E-state index in [1.165, 1.54) is 7.11 Å². The van der Waals surface area contributed by atoms with Gasteiger partial charge < -0.3 is 20.1 Å². The van der Waals surface area contributed by atoms with E-state index in [0.717, 1.165) is 31.6 Å². The number of methoxy groups -OCH3 is 1. The molecule has 0 aliphatic heterocycles. The zero-order chi connectivity index (χ0) is 17.7. The third kappa shape index (κ3) is 4.40. The quantitative estimate of drug-likeness (QED) is 0.865. The van der Waals surface area contributed by atoms with Crippen molar-refractivity contribution in [3.8, 4) is 11.5 Å². The third-order valence-corrected chi connectivity index (χ3v) is 4.63. The van der Waals surface area contributed by atoms with Crippen LogP contribution in [0.2, 0.25) is 0 Å². The highest BCUT2D eigenvalue weighted by atomic mass is 16.5. The normalized spacial score (nSPS) is 20.3. The van der Waals surface area contributed by atoms with E-state index in [0.29, 0.717) is 17.1 Å². The number of carbonyl (C=O) groups excluding carboxylic acids is 2. The lowest BCUT2D eigenvalue weighted by atomic mass is 9.86. The smallest absolute Gasteiger partial charge is 0.255 e. The van der Waals surface area contributed by atoms with E-state index < -0.39 is 5.91 Å². The summed E-state index contributed by atoms with van der Waals surface area (Å²) < 4.78 is 10.5. The van der Waals surface area contributed by atoms with E-state index in [2.05, 4.69) is 6.92 Å². The second-order valence-corrected chi connectivity index (χ2v) is 6.45. The molecule has 6 nitrogen and oxygen atoms in total. The average molecular weight is 334 g/mol. The van der Waals surface area contributed by atoms with Crippen molar-refractivity contribution in [1.82, 2.24) is 4.90 Å². The predicted octanol–water partition coefficient (Wildman–Crippen LogP) is 2.21. The molecule has 24 heavy (non-hydrogen) atoms. The molecule has 1 fully saturated rings. The van der Waals surface area contributed by atoms with Crippen molar-refractivity contribution in [3.05, 3.63) is 23.8 Å². The molecule has 1 aromatic rings. The molecule has 0 radical (unpaired) electrons. The van der Waals surface area contributed by atoms with Gasteiger partial charge in [-0.05, 0) is 49.8 Å². The van der Waals surface area contributed by atoms with Crippen LogP contribution in [0.1, 0.15) is 43.0 Å². The van der Waals surface area contributed by atoms with Crippen molar-refractivity contribution in [3.63, 3.8) is 0 Å². The summed E-state index contributed by atoms with van der Waals surface area (Å²) in [5, 5.41) is 0. The largest absolute Gasteiger partial charge is 0.493 e. The fourth-order valence-corrected chi connectivity index (χ4v) is 3.07. The van der Waals surface area contributed by atoms with Crippen molar-refractivity contribution in [2.45, 2.75) is 38.6 Å². The van der Waals surface area contributed by atoms with Crippen LogP contribution >= 0.6 is 0 Å². The number of hydrogen-bond acceptors (Lipinski definition) is 4. The molecule has 0 bridgehead atoms. The molecular formula is C18H26N2O4. The van der Waals surface area contributed by atoms with Crippen molar-refractivity contribution < 1.29 is 19.1 Å². The Morgan fingerprint density at radius 1 is 1.21 bits per heavy atom. The average Bonchev–Trinajstić information content (AvgIpc) is 2.59. The summed E-state index contributed by atoms with van der Waals surface area (Å²) in [4.78, 5) is 25.4. The van der Waals surface area contributed by atoms with Gasteiger partial charge in [0.2, 0.25) is 0 Å². The zero-order valence-corrected chi connectivity index (χ0v) is 14.6. The lowest BCUT2D eigenvalue weighted by Gasteiger charge is -2.33. The van der Waals surface area contributed by atoms with Crippen LogP contribution in [0.3, 0.4) is 0 Å². The van der Waals surface area contributed by atoms with Gasteiger partial charge in [0, 0.05) is 18.7 Å². The first-order chi connectivity index (χ1) is 11.4. The monoisotopic (exact) mass is 334 g/mol. The van der Waals surface area contributed by atoms with E-state index in [1.54, 1.807) is 18.2 Å².